The Morgan fingerprint density at radius 3 is 2.44 bits per heavy atom. The van der Waals surface area contributed by atoms with Gasteiger partial charge in [-0.2, -0.15) is 0 Å². The van der Waals surface area contributed by atoms with Crippen molar-refractivity contribution in [2.75, 3.05) is 12.5 Å². The quantitative estimate of drug-likeness (QED) is 0.575. The first-order chi connectivity index (χ1) is 8.69. The van der Waals surface area contributed by atoms with E-state index in [1.807, 2.05) is 17.4 Å². The standard InChI is InChI=1S/C12H17NOS4/c1-16-11(17-2)9-10(14)13(12(15)18-9)8-6-4-3-5-7-8/h8H,3-7H2,1-2H3. The van der Waals surface area contributed by atoms with Crippen LogP contribution in [0, 0.1) is 0 Å². The van der Waals surface area contributed by atoms with Gasteiger partial charge in [0, 0.05) is 6.04 Å². The first kappa shape index (κ1) is 14.8. The van der Waals surface area contributed by atoms with E-state index in [0.29, 0.717) is 6.04 Å². The predicted molar refractivity (Wildman–Crippen MR) is 88.0 cm³/mol. The molecule has 6 heteroatoms. The molecular weight excluding hydrogens is 302 g/mol. The largest absolute Gasteiger partial charge is 0.290 e. The number of hydrogen-bond acceptors (Lipinski definition) is 5. The second kappa shape index (κ2) is 6.68. The molecule has 0 spiro atoms. The van der Waals surface area contributed by atoms with Gasteiger partial charge in [-0.1, -0.05) is 43.2 Å². The van der Waals surface area contributed by atoms with Gasteiger partial charge in [0.15, 0.2) is 0 Å². The van der Waals surface area contributed by atoms with Gasteiger partial charge >= 0.3 is 0 Å². The third kappa shape index (κ3) is 2.92. The van der Waals surface area contributed by atoms with Crippen molar-refractivity contribution in [3.05, 3.63) is 9.14 Å². The van der Waals surface area contributed by atoms with Gasteiger partial charge < -0.3 is 0 Å². The highest BCUT2D eigenvalue weighted by molar-refractivity contribution is 8.29. The Kier molecular flexibility index (Phi) is 5.47. The Balaban J connectivity index is 2.21. The molecular formula is C12H17NOS4. The van der Waals surface area contributed by atoms with Crippen LogP contribution in [0.2, 0.25) is 0 Å². The lowest BCUT2D eigenvalue weighted by Crippen LogP contribution is -2.39. The number of carbonyl (C=O) groups excluding carboxylic acids is 1. The first-order valence-electron chi connectivity index (χ1n) is 6.06. The number of hydrogen-bond donors (Lipinski definition) is 0. The molecule has 1 saturated heterocycles. The number of thioether (sulfide) groups is 3. The van der Waals surface area contributed by atoms with E-state index < -0.39 is 0 Å². The molecule has 0 bridgehead atoms. The maximum absolute atomic E-state index is 12.5. The summed E-state index contributed by atoms with van der Waals surface area (Å²) < 4.78 is 1.84. The molecule has 2 nitrogen and oxygen atoms in total. The van der Waals surface area contributed by atoms with E-state index in [-0.39, 0.29) is 5.91 Å². The summed E-state index contributed by atoms with van der Waals surface area (Å²) in [5, 5.41) is 0. The number of carbonyl (C=O) groups is 1. The van der Waals surface area contributed by atoms with Gasteiger partial charge in [-0.15, -0.1) is 23.5 Å². The molecule has 2 fully saturated rings. The van der Waals surface area contributed by atoms with E-state index in [1.165, 1.54) is 31.0 Å². The lowest BCUT2D eigenvalue weighted by molar-refractivity contribution is -0.124. The van der Waals surface area contributed by atoms with Crippen LogP contribution < -0.4 is 0 Å². The van der Waals surface area contributed by atoms with Crippen molar-refractivity contribution in [3.63, 3.8) is 0 Å². The average molecular weight is 320 g/mol. The minimum Gasteiger partial charge on any atom is -0.290 e. The molecule has 0 atom stereocenters. The van der Waals surface area contributed by atoms with E-state index in [9.17, 15) is 4.79 Å². The van der Waals surface area contributed by atoms with Crippen LogP contribution in [0.4, 0.5) is 0 Å². The monoisotopic (exact) mass is 319 g/mol. The minimum atomic E-state index is 0.135. The molecule has 0 unspecified atom stereocenters. The molecule has 18 heavy (non-hydrogen) atoms. The summed E-state index contributed by atoms with van der Waals surface area (Å²) in [4.78, 5) is 15.2. The highest BCUT2D eigenvalue weighted by Gasteiger charge is 2.38. The second-order valence-corrected chi connectivity index (χ2v) is 7.90. The first-order valence-corrected chi connectivity index (χ1v) is 9.74. The van der Waals surface area contributed by atoms with Gasteiger partial charge in [0.25, 0.3) is 5.91 Å². The Bertz CT molecular complexity index is 382. The molecule has 2 rings (SSSR count). The van der Waals surface area contributed by atoms with Crippen molar-refractivity contribution >= 4 is 57.7 Å². The van der Waals surface area contributed by atoms with Gasteiger partial charge in [-0.05, 0) is 25.4 Å². The molecule has 0 N–H and O–H groups in total. The summed E-state index contributed by atoms with van der Waals surface area (Å²) in [5.41, 5.74) is 0. The summed E-state index contributed by atoms with van der Waals surface area (Å²) in [5.74, 6) is 0.135. The third-order valence-corrected chi connectivity index (χ3v) is 7.10. The maximum atomic E-state index is 12.5. The SMILES string of the molecule is CSC(SC)=C1SC(=S)N(C2CCCCC2)C1=O. The van der Waals surface area contributed by atoms with Crippen LogP contribution in [-0.2, 0) is 4.79 Å². The zero-order chi connectivity index (χ0) is 13.1. The highest BCUT2D eigenvalue weighted by atomic mass is 32.2. The molecule has 0 radical (unpaired) electrons. The summed E-state index contributed by atoms with van der Waals surface area (Å²) in [7, 11) is 0. The Morgan fingerprint density at radius 1 is 1.28 bits per heavy atom. The number of nitrogens with zero attached hydrogens (tertiary/aromatic N) is 1. The average Bonchev–Trinajstić information content (AvgIpc) is 2.68. The molecule has 1 heterocycles. The Labute approximate surface area is 127 Å². The van der Waals surface area contributed by atoms with Gasteiger partial charge in [-0.3, -0.25) is 9.69 Å². The topological polar surface area (TPSA) is 20.3 Å². The van der Waals surface area contributed by atoms with E-state index in [2.05, 4.69) is 0 Å². The second-order valence-electron chi connectivity index (χ2n) is 4.36. The van der Waals surface area contributed by atoms with E-state index in [0.717, 1.165) is 26.3 Å². The van der Waals surface area contributed by atoms with Crippen molar-refractivity contribution in [3.8, 4) is 0 Å². The van der Waals surface area contributed by atoms with Crippen LogP contribution in [0.25, 0.3) is 0 Å². The van der Waals surface area contributed by atoms with Crippen LogP contribution in [0.1, 0.15) is 32.1 Å². The zero-order valence-electron chi connectivity index (χ0n) is 10.6. The molecule has 2 aliphatic rings. The van der Waals surface area contributed by atoms with E-state index in [1.54, 1.807) is 23.5 Å². The van der Waals surface area contributed by atoms with Crippen molar-refractivity contribution < 1.29 is 4.79 Å². The van der Waals surface area contributed by atoms with E-state index >= 15 is 0 Å². The lowest BCUT2D eigenvalue weighted by Gasteiger charge is -2.29. The predicted octanol–water partition coefficient (Wildman–Crippen LogP) is 4.07. The van der Waals surface area contributed by atoms with E-state index in [4.69, 9.17) is 12.2 Å². The summed E-state index contributed by atoms with van der Waals surface area (Å²) in [6.07, 6.45) is 9.97. The van der Waals surface area contributed by atoms with Crippen molar-refractivity contribution in [1.29, 1.82) is 0 Å². The smallest absolute Gasteiger partial charge is 0.268 e. The molecule has 1 saturated carbocycles. The summed E-state index contributed by atoms with van der Waals surface area (Å²) in [6, 6.07) is 0.341. The van der Waals surface area contributed by atoms with Gasteiger partial charge in [0.05, 0.1) is 9.14 Å². The van der Waals surface area contributed by atoms with Crippen molar-refractivity contribution in [2.24, 2.45) is 0 Å². The number of amides is 1. The van der Waals surface area contributed by atoms with Crippen molar-refractivity contribution in [2.45, 2.75) is 38.1 Å². The third-order valence-electron chi connectivity index (χ3n) is 3.30. The molecule has 1 aliphatic carbocycles. The summed E-state index contributed by atoms with van der Waals surface area (Å²) in [6.45, 7) is 0. The lowest BCUT2D eigenvalue weighted by atomic mass is 9.94. The van der Waals surface area contributed by atoms with Crippen molar-refractivity contribution in [1.82, 2.24) is 4.90 Å². The molecule has 100 valence electrons. The fraction of sp³-hybridized carbons (Fsp3) is 0.667. The molecule has 1 amide bonds. The minimum absolute atomic E-state index is 0.135. The molecule has 1 aliphatic heterocycles. The number of thiocarbonyl (C=S) groups is 1. The highest BCUT2D eigenvalue weighted by Crippen LogP contribution is 2.42. The molecule has 0 aromatic heterocycles. The maximum Gasteiger partial charge on any atom is 0.268 e. The Hall–Kier alpha value is 0.350. The van der Waals surface area contributed by atoms with Crippen LogP contribution >= 0.6 is 47.5 Å². The van der Waals surface area contributed by atoms with Gasteiger partial charge in [0.1, 0.15) is 4.32 Å². The van der Waals surface area contributed by atoms with Gasteiger partial charge in [0.2, 0.25) is 0 Å². The van der Waals surface area contributed by atoms with Crippen LogP contribution in [0.15, 0.2) is 9.14 Å². The summed E-state index contributed by atoms with van der Waals surface area (Å²) >= 11 is 10.2. The van der Waals surface area contributed by atoms with Crippen LogP contribution in [0.3, 0.4) is 0 Å². The van der Waals surface area contributed by atoms with Crippen LogP contribution in [-0.4, -0.2) is 33.7 Å². The Morgan fingerprint density at radius 2 is 1.89 bits per heavy atom. The zero-order valence-corrected chi connectivity index (χ0v) is 13.9. The molecule has 0 aromatic carbocycles. The van der Waals surface area contributed by atoms with Gasteiger partial charge in [-0.25, -0.2) is 0 Å². The fourth-order valence-electron chi connectivity index (χ4n) is 2.42. The van der Waals surface area contributed by atoms with Crippen LogP contribution in [0.5, 0.6) is 0 Å². The normalized spacial score (nSPS) is 21.9. The number of rotatable bonds is 3. The molecule has 0 aromatic rings. The fourth-order valence-corrected chi connectivity index (χ4v) is 5.64.